The molecule has 0 aliphatic heterocycles. The van der Waals surface area contributed by atoms with Crippen molar-refractivity contribution in [2.45, 2.75) is 0 Å². The highest BCUT2D eigenvalue weighted by molar-refractivity contribution is 7.97. The van der Waals surface area contributed by atoms with E-state index in [0.29, 0.717) is 5.88 Å². The van der Waals surface area contributed by atoms with Gasteiger partial charge in [0.15, 0.2) is 0 Å². The lowest BCUT2D eigenvalue weighted by Gasteiger charge is -1.83. The minimum atomic E-state index is 0.514. The van der Waals surface area contributed by atoms with Crippen molar-refractivity contribution in [2.24, 2.45) is 10.9 Å². The molecule has 11 heavy (non-hydrogen) atoms. The topological polar surface area (TPSA) is 78.1 Å². The van der Waals surface area contributed by atoms with Crippen LogP contribution in [0.4, 0.5) is 5.69 Å². The summed E-state index contributed by atoms with van der Waals surface area (Å²) < 4.78 is 0. The standard InChI is InChI=1S/C6H7N.CH6N2S/c7-6-4-2-1-3-5-6;2-1-4-3/h1-5H,7H2;1-3H2. The summed E-state index contributed by atoms with van der Waals surface area (Å²) in [5.41, 5.74) is 11.0. The first-order valence-electron chi connectivity index (χ1n) is 3.13. The zero-order chi connectivity index (χ0) is 8.53. The van der Waals surface area contributed by atoms with Crippen LogP contribution in [0, 0.1) is 0 Å². The molecular weight excluding hydrogens is 158 g/mol. The third-order valence-electron chi connectivity index (χ3n) is 0.896. The van der Waals surface area contributed by atoms with Crippen LogP contribution in [-0.4, -0.2) is 5.88 Å². The number of anilines is 1. The Balaban J connectivity index is 0.000000218. The van der Waals surface area contributed by atoms with Gasteiger partial charge in [-0.05, 0) is 12.1 Å². The smallest absolute Gasteiger partial charge is 0.0538 e. The van der Waals surface area contributed by atoms with E-state index >= 15 is 0 Å². The first kappa shape index (κ1) is 10.3. The lowest BCUT2D eigenvalue weighted by molar-refractivity contribution is 1.40. The molecule has 0 aromatic heterocycles. The molecule has 3 nitrogen and oxygen atoms in total. The van der Waals surface area contributed by atoms with Crippen molar-refractivity contribution in [1.29, 1.82) is 0 Å². The summed E-state index contributed by atoms with van der Waals surface area (Å²) in [4.78, 5) is 0. The van der Waals surface area contributed by atoms with Crippen LogP contribution in [0.3, 0.4) is 0 Å². The molecule has 0 atom stereocenters. The second kappa shape index (κ2) is 7.40. The van der Waals surface area contributed by atoms with Gasteiger partial charge >= 0.3 is 0 Å². The Bertz CT molecular complexity index is 165. The van der Waals surface area contributed by atoms with Crippen molar-refractivity contribution >= 4 is 17.6 Å². The van der Waals surface area contributed by atoms with Gasteiger partial charge in [-0.1, -0.05) is 30.1 Å². The lowest BCUT2D eigenvalue weighted by atomic mass is 10.3. The second-order valence-corrected chi connectivity index (χ2v) is 2.41. The van der Waals surface area contributed by atoms with Crippen LogP contribution in [0.1, 0.15) is 0 Å². The first-order valence-corrected chi connectivity index (χ1v) is 4.18. The van der Waals surface area contributed by atoms with Gasteiger partial charge in [0.25, 0.3) is 0 Å². The number of hydrogen-bond donors (Lipinski definition) is 3. The van der Waals surface area contributed by atoms with E-state index in [1.54, 1.807) is 0 Å². The summed E-state index contributed by atoms with van der Waals surface area (Å²) in [5, 5.41) is 4.82. The zero-order valence-corrected chi connectivity index (χ0v) is 7.05. The number of nitrogen functional groups attached to an aromatic ring is 1. The Morgan fingerprint density at radius 1 is 1.18 bits per heavy atom. The fourth-order valence-electron chi connectivity index (χ4n) is 0.453. The van der Waals surface area contributed by atoms with Gasteiger partial charge in [0.05, 0.1) is 5.88 Å². The summed E-state index contributed by atoms with van der Waals surface area (Å²) >= 11 is 1.13. The normalized spacial score (nSPS) is 8.18. The molecule has 0 radical (unpaired) electrons. The van der Waals surface area contributed by atoms with Gasteiger partial charge in [-0.15, -0.1) is 0 Å². The fourth-order valence-corrected chi connectivity index (χ4v) is 0.453. The van der Waals surface area contributed by atoms with Crippen molar-refractivity contribution < 1.29 is 0 Å². The van der Waals surface area contributed by atoms with Gasteiger partial charge in [-0.25, -0.2) is 0 Å². The van der Waals surface area contributed by atoms with E-state index in [9.17, 15) is 0 Å². The van der Waals surface area contributed by atoms with Gasteiger partial charge in [0, 0.05) is 5.69 Å². The monoisotopic (exact) mass is 171 g/mol. The van der Waals surface area contributed by atoms with Crippen LogP contribution >= 0.6 is 11.9 Å². The van der Waals surface area contributed by atoms with E-state index in [1.807, 2.05) is 30.3 Å². The summed E-state index contributed by atoms with van der Waals surface area (Å²) in [5.74, 6) is 0.514. The first-order chi connectivity index (χ1) is 5.31. The molecule has 0 amide bonds. The van der Waals surface area contributed by atoms with E-state index in [-0.39, 0.29) is 0 Å². The SMILES string of the molecule is NCSN.Nc1ccccc1. The Kier molecular flexibility index (Phi) is 6.92. The molecule has 1 rings (SSSR count). The molecule has 1 aromatic rings. The van der Waals surface area contributed by atoms with Crippen LogP contribution in [-0.2, 0) is 0 Å². The van der Waals surface area contributed by atoms with Crippen molar-refractivity contribution in [2.75, 3.05) is 11.6 Å². The summed E-state index contributed by atoms with van der Waals surface area (Å²) in [7, 11) is 0. The number of rotatable bonds is 1. The maximum absolute atomic E-state index is 5.36. The molecule has 4 heteroatoms. The van der Waals surface area contributed by atoms with Gasteiger partial charge < -0.3 is 11.5 Å². The quantitative estimate of drug-likeness (QED) is 0.331. The highest BCUT2D eigenvalue weighted by Crippen LogP contribution is 1.95. The van der Waals surface area contributed by atoms with Gasteiger partial charge in [-0.3, -0.25) is 5.14 Å². The largest absolute Gasteiger partial charge is 0.399 e. The Morgan fingerprint density at radius 2 is 1.64 bits per heavy atom. The van der Waals surface area contributed by atoms with Crippen LogP contribution < -0.4 is 16.6 Å². The Hall–Kier alpha value is -0.710. The highest BCUT2D eigenvalue weighted by Gasteiger charge is 1.72. The fraction of sp³-hybridized carbons (Fsp3) is 0.143. The summed E-state index contributed by atoms with van der Waals surface area (Å²) in [6.07, 6.45) is 0. The van der Waals surface area contributed by atoms with Gasteiger partial charge in [0.1, 0.15) is 0 Å². The number of para-hydroxylation sites is 1. The van der Waals surface area contributed by atoms with Crippen molar-refractivity contribution in [1.82, 2.24) is 0 Å². The van der Waals surface area contributed by atoms with Crippen molar-refractivity contribution in [3.8, 4) is 0 Å². The van der Waals surface area contributed by atoms with Gasteiger partial charge in [0.2, 0.25) is 0 Å². The van der Waals surface area contributed by atoms with E-state index in [1.165, 1.54) is 0 Å². The molecule has 0 aliphatic rings. The van der Waals surface area contributed by atoms with E-state index < -0.39 is 0 Å². The Morgan fingerprint density at radius 3 is 1.82 bits per heavy atom. The second-order valence-electron chi connectivity index (χ2n) is 1.74. The summed E-state index contributed by atoms with van der Waals surface area (Å²) in [6, 6.07) is 9.49. The minimum Gasteiger partial charge on any atom is -0.399 e. The molecule has 0 aliphatic carbocycles. The van der Waals surface area contributed by atoms with Crippen LogP contribution in [0.15, 0.2) is 30.3 Å². The predicted molar refractivity (Wildman–Crippen MR) is 51.7 cm³/mol. The molecule has 0 fully saturated rings. The molecular formula is C7H13N3S. The lowest BCUT2D eigenvalue weighted by Crippen LogP contribution is -1.94. The van der Waals surface area contributed by atoms with Crippen LogP contribution in [0.25, 0.3) is 0 Å². The molecule has 0 heterocycles. The maximum atomic E-state index is 5.36. The molecule has 0 bridgehead atoms. The Labute approximate surface area is 71.1 Å². The van der Waals surface area contributed by atoms with E-state index in [4.69, 9.17) is 16.6 Å². The third kappa shape index (κ3) is 7.18. The number of nitrogens with two attached hydrogens (primary N) is 3. The zero-order valence-electron chi connectivity index (χ0n) is 6.23. The average molecular weight is 171 g/mol. The van der Waals surface area contributed by atoms with Crippen LogP contribution in [0.2, 0.25) is 0 Å². The molecule has 0 unspecified atom stereocenters. The molecule has 1 aromatic carbocycles. The molecule has 0 saturated heterocycles. The van der Waals surface area contributed by atoms with Crippen molar-refractivity contribution in [3.63, 3.8) is 0 Å². The molecule has 6 N–H and O–H groups in total. The maximum Gasteiger partial charge on any atom is 0.0538 e. The summed E-state index contributed by atoms with van der Waals surface area (Å²) in [6.45, 7) is 0. The molecule has 0 saturated carbocycles. The number of benzene rings is 1. The third-order valence-corrected chi connectivity index (χ3v) is 1.09. The van der Waals surface area contributed by atoms with E-state index in [2.05, 4.69) is 0 Å². The van der Waals surface area contributed by atoms with Gasteiger partial charge in [-0.2, -0.15) is 0 Å². The van der Waals surface area contributed by atoms with Crippen molar-refractivity contribution in [3.05, 3.63) is 30.3 Å². The minimum absolute atomic E-state index is 0.514. The predicted octanol–water partition coefficient (Wildman–Crippen LogP) is 0.778. The van der Waals surface area contributed by atoms with Crippen LogP contribution in [0.5, 0.6) is 0 Å². The number of hydrogen-bond acceptors (Lipinski definition) is 4. The molecule has 0 spiro atoms. The average Bonchev–Trinajstić information content (AvgIpc) is 2.07. The van der Waals surface area contributed by atoms with E-state index in [0.717, 1.165) is 17.6 Å². The highest BCUT2D eigenvalue weighted by atomic mass is 32.2. The molecule has 62 valence electrons.